The number of furan rings is 1. The van der Waals surface area contributed by atoms with E-state index in [9.17, 15) is 0 Å². The van der Waals surface area contributed by atoms with E-state index in [0.29, 0.717) is 17.5 Å². The Morgan fingerprint density at radius 1 is 0.627 bits per heavy atom. The number of benzene rings is 5. The zero-order valence-electron chi connectivity index (χ0n) is 28.7. The molecule has 8 aromatic rings. The first-order valence-corrected chi connectivity index (χ1v) is 17.2. The Morgan fingerprint density at radius 3 is 2.10 bits per heavy atom. The zero-order chi connectivity index (χ0) is 34.7. The number of fused-ring (bicyclic) bond motifs is 8. The van der Waals surface area contributed by atoms with Gasteiger partial charge < -0.3 is 4.42 Å². The number of rotatable bonds is 6. The Hall–Kier alpha value is -6.46. The Bertz CT molecular complexity index is 2750. The molecule has 0 amide bonds. The second-order valence-electron chi connectivity index (χ2n) is 13.6. The van der Waals surface area contributed by atoms with Crippen molar-refractivity contribution in [2.75, 3.05) is 0 Å². The van der Waals surface area contributed by atoms with E-state index in [2.05, 4.69) is 81.1 Å². The van der Waals surface area contributed by atoms with Crippen molar-refractivity contribution in [1.82, 2.24) is 19.9 Å². The molecule has 5 nitrogen and oxygen atoms in total. The van der Waals surface area contributed by atoms with Gasteiger partial charge in [0.05, 0.1) is 5.69 Å². The van der Waals surface area contributed by atoms with E-state index in [1.54, 1.807) is 0 Å². The van der Waals surface area contributed by atoms with Crippen LogP contribution in [0.15, 0.2) is 151 Å². The Labute approximate surface area is 296 Å². The molecule has 0 spiro atoms. The molecule has 0 atom stereocenters. The van der Waals surface area contributed by atoms with Gasteiger partial charge in [0.2, 0.25) is 0 Å². The summed E-state index contributed by atoms with van der Waals surface area (Å²) in [6.45, 7) is 10.8. The van der Waals surface area contributed by atoms with Gasteiger partial charge in [-0.3, -0.25) is 0 Å². The van der Waals surface area contributed by atoms with Crippen molar-refractivity contribution >= 4 is 44.0 Å². The molecule has 0 unspecified atom stereocenters. The van der Waals surface area contributed by atoms with E-state index in [4.69, 9.17) is 24.4 Å². The van der Waals surface area contributed by atoms with Gasteiger partial charge in [-0.1, -0.05) is 142 Å². The van der Waals surface area contributed by atoms with Gasteiger partial charge in [0.15, 0.2) is 23.1 Å². The van der Waals surface area contributed by atoms with E-state index >= 15 is 0 Å². The SMILES string of the molecule is C=C/C(=C\C=C(/C)c1nc(-c2ccccc2)nc(-c2ccc3c(c2)C(C)(C)c2ccccc2-3)n1)c1nc2c3ccccc3oc2c2ccccc12. The summed E-state index contributed by atoms with van der Waals surface area (Å²) in [5.41, 5.74) is 12.0. The highest BCUT2D eigenvalue weighted by Gasteiger charge is 2.35. The maximum Gasteiger partial charge on any atom is 0.164 e. The Balaban J connectivity index is 1.17. The standard InChI is InChI=1S/C46H34N4O/c1-5-29(40-34-18-9-10-19-35(34)42-41(47-40)36-20-12-14-22-39(36)51-42)24-23-28(2)43-48-44(30-15-7-6-8-16-30)50-45(49-43)31-25-26-33-32-17-11-13-21-37(32)46(3,4)38(33)27-31/h5-27H,1H2,2-4H3/b28-23+,29-24+. The minimum atomic E-state index is -0.133. The fourth-order valence-corrected chi connectivity index (χ4v) is 7.38. The van der Waals surface area contributed by atoms with Crippen molar-refractivity contribution in [3.05, 3.63) is 169 Å². The third-order valence-corrected chi connectivity index (χ3v) is 10.1. The van der Waals surface area contributed by atoms with E-state index in [1.165, 1.54) is 22.3 Å². The van der Waals surface area contributed by atoms with Gasteiger partial charge in [0.1, 0.15) is 11.1 Å². The number of aromatic nitrogens is 4. The van der Waals surface area contributed by atoms with Crippen LogP contribution in [0.1, 0.15) is 43.4 Å². The second-order valence-corrected chi connectivity index (χ2v) is 13.6. The lowest BCUT2D eigenvalue weighted by Crippen LogP contribution is -2.15. The highest BCUT2D eigenvalue weighted by molar-refractivity contribution is 6.15. The van der Waals surface area contributed by atoms with Crippen LogP contribution >= 0.6 is 0 Å². The molecule has 0 radical (unpaired) electrons. The summed E-state index contributed by atoms with van der Waals surface area (Å²) < 4.78 is 6.30. The highest BCUT2D eigenvalue weighted by atomic mass is 16.3. The normalized spacial score (nSPS) is 13.9. The summed E-state index contributed by atoms with van der Waals surface area (Å²) in [6, 6.07) is 41.6. The van der Waals surface area contributed by atoms with Crippen LogP contribution in [0.25, 0.3) is 77.9 Å². The number of pyridine rings is 1. The lowest BCUT2D eigenvalue weighted by molar-refractivity contribution is 0.660. The molecule has 9 rings (SSSR count). The van der Waals surface area contributed by atoms with Crippen molar-refractivity contribution < 1.29 is 4.42 Å². The van der Waals surface area contributed by atoms with Crippen LogP contribution in [0.4, 0.5) is 0 Å². The summed E-state index contributed by atoms with van der Waals surface area (Å²) in [5.74, 6) is 1.87. The third kappa shape index (κ3) is 5.00. The van der Waals surface area contributed by atoms with Crippen LogP contribution in [-0.4, -0.2) is 19.9 Å². The molecule has 5 heteroatoms. The molecule has 0 aliphatic heterocycles. The minimum Gasteiger partial charge on any atom is -0.454 e. The summed E-state index contributed by atoms with van der Waals surface area (Å²) in [6.07, 6.45) is 5.94. The minimum absolute atomic E-state index is 0.133. The largest absolute Gasteiger partial charge is 0.454 e. The van der Waals surface area contributed by atoms with Gasteiger partial charge in [-0.2, -0.15) is 0 Å². The Morgan fingerprint density at radius 2 is 1.29 bits per heavy atom. The lowest BCUT2D eigenvalue weighted by atomic mass is 9.82. The molecule has 244 valence electrons. The van der Waals surface area contributed by atoms with E-state index in [-0.39, 0.29) is 5.41 Å². The second kappa shape index (κ2) is 11.9. The van der Waals surface area contributed by atoms with E-state index in [1.807, 2.05) is 85.8 Å². The molecule has 51 heavy (non-hydrogen) atoms. The van der Waals surface area contributed by atoms with Crippen molar-refractivity contribution in [3.8, 4) is 33.9 Å². The Kier molecular flexibility index (Phi) is 7.11. The third-order valence-electron chi connectivity index (χ3n) is 10.1. The van der Waals surface area contributed by atoms with E-state index < -0.39 is 0 Å². The van der Waals surface area contributed by atoms with Gasteiger partial charge in [0, 0.05) is 38.3 Å². The summed E-state index contributed by atoms with van der Waals surface area (Å²) in [4.78, 5) is 20.2. The maximum absolute atomic E-state index is 6.30. The van der Waals surface area contributed by atoms with Gasteiger partial charge >= 0.3 is 0 Å². The maximum atomic E-state index is 6.30. The van der Waals surface area contributed by atoms with E-state index in [0.717, 1.165) is 60.8 Å². The molecular formula is C46H34N4O. The van der Waals surface area contributed by atoms with Gasteiger partial charge in [-0.05, 0) is 52.9 Å². The van der Waals surface area contributed by atoms with Crippen molar-refractivity contribution in [3.63, 3.8) is 0 Å². The molecule has 0 saturated heterocycles. The van der Waals surface area contributed by atoms with Crippen molar-refractivity contribution in [2.24, 2.45) is 0 Å². The first-order chi connectivity index (χ1) is 24.9. The van der Waals surface area contributed by atoms with Crippen molar-refractivity contribution in [2.45, 2.75) is 26.2 Å². The average molecular weight is 659 g/mol. The number of hydrogen-bond acceptors (Lipinski definition) is 5. The molecule has 5 aromatic carbocycles. The first kappa shape index (κ1) is 30.6. The van der Waals surface area contributed by atoms with Crippen LogP contribution < -0.4 is 0 Å². The average Bonchev–Trinajstić information content (AvgIpc) is 3.67. The fourth-order valence-electron chi connectivity index (χ4n) is 7.38. The quantitative estimate of drug-likeness (QED) is 0.166. The molecule has 3 heterocycles. The van der Waals surface area contributed by atoms with Gasteiger partial charge in [0.25, 0.3) is 0 Å². The number of para-hydroxylation sites is 1. The van der Waals surface area contributed by atoms with Crippen LogP contribution in [-0.2, 0) is 5.41 Å². The molecular weight excluding hydrogens is 625 g/mol. The summed E-state index contributed by atoms with van der Waals surface area (Å²) in [5, 5.41) is 2.99. The smallest absolute Gasteiger partial charge is 0.164 e. The molecule has 0 saturated carbocycles. The predicted molar refractivity (Wildman–Crippen MR) is 209 cm³/mol. The number of nitrogens with zero attached hydrogens (tertiary/aromatic N) is 4. The van der Waals surface area contributed by atoms with Gasteiger partial charge in [-0.25, -0.2) is 19.9 Å². The first-order valence-electron chi connectivity index (χ1n) is 17.2. The fraction of sp³-hybridized carbons (Fsp3) is 0.0870. The van der Waals surface area contributed by atoms with Crippen molar-refractivity contribution in [1.29, 1.82) is 0 Å². The lowest BCUT2D eigenvalue weighted by Gasteiger charge is -2.21. The molecule has 1 aliphatic carbocycles. The highest BCUT2D eigenvalue weighted by Crippen LogP contribution is 2.49. The summed E-state index contributed by atoms with van der Waals surface area (Å²) >= 11 is 0. The molecule has 0 fully saturated rings. The predicted octanol–water partition coefficient (Wildman–Crippen LogP) is 11.6. The van der Waals surface area contributed by atoms with Crippen LogP contribution in [0.3, 0.4) is 0 Å². The topological polar surface area (TPSA) is 64.7 Å². The van der Waals surface area contributed by atoms with Crippen LogP contribution in [0.2, 0.25) is 0 Å². The van der Waals surface area contributed by atoms with Crippen LogP contribution in [0, 0.1) is 0 Å². The number of hydrogen-bond donors (Lipinski definition) is 0. The summed E-state index contributed by atoms with van der Waals surface area (Å²) in [7, 11) is 0. The molecule has 3 aromatic heterocycles. The molecule has 0 bridgehead atoms. The monoisotopic (exact) mass is 658 g/mol. The number of allylic oxidation sites excluding steroid dienone is 5. The van der Waals surface area contributed by atoms with Crippen LogP contribution in [0.5, 0.6) is 0 Å². The van der Waals surface area contributed by atoms with Gasteiger partial charge in [-0.15, -0.1) is 0 Å². The molecule has 0 N–H and O–H groups in total. The molecule has 1 aliphatic rings. The zero-order valence-corrected chi connectivity index (χ0v) is 28.7.